The molecule has 114 valence electrons. The lowest BCUT2D eigenvalue weighted by atomic mass is 10.3. The van der Waals surface area contributed by atoms with Crippen LogP contribution in [-0.4, -0.2) is 48.1 Å². The molecule has 1 unspecified atom stereocenters. The van der Waals surface area contributed by atoms with Crippen LogP contribution in [0.25, 0.3) is 0 Å². The van der Waals surface area contributed by atoms with Crippen LogP contribution in [0.15, 0.2) is 41.0 Å². The highest BCUT2D eigenvalue weighted by Crippen LogP contribution is 2.16. The van der Waals surface area contributed by atoms with Gasteiger partial charge in [-0.05, 0) is 13.0 Å². The minimum atomic E-state index is 0.128. The van der Waals surface area contributed by atoms with E-state index in [-0.39, 0.29) is 6.10 Å². The summed E-state index contributed by atoms with van der Waals surface area (Å²) >= 11 is 5.78. The Morgan fingerprint density at radius 2 is 2.48 bits per heavy atom. The van der Waals surface area contributed by atoms with Crippen LogP contribution >= 0.6 is 11.6 Å². The number of halogens is 1. The molecule has 6 heteroatoms. The van der Waals surface area contributed by atoms with Gasteiger partial charge in [0.2, 0.25) is 5.88 Å². The predicted molar refractivity (Wildman–Crippen MR) is 85.8 cm³/mol. The van der Waals surface area contributed by atoms with Gasteiger partial charge in [-0.2, -0.15) is 0 Å². The molecule has 1 N–H and O–H groups in total. The monoisotopic (exact) mass is 308 g/mol. The highest BCUT2D eigenvalue weighted by Gasteiger charge is 2.26. The molecular formula is C15H21ClN4O. The van der Waals surface area contributed by atoms with Crippen molar-refractivity contribution in [2.75, 3.05) is 26.2 Å². The summed E-state index contributed by atoms with van der Waals surface area (Å²) in [4.78, 5) is 10.8. The van der Waals surface area contributed by atoms with Crippen LogP contribution in [0.1, 0.15) is 13.3 Å². The fraction of sp³-hybridized carbons (Fsp3) is 0.467. The van der Waals surface area contributed by atoms with E-state index in [0.29, 0.717) is 17.5 Å². The second-order valence-corrected chi connectivity index (χ2v) is 5.36. The molecule has 1 saturated heterocycles. The van der Waals surface area contributed by atoms with Crippen LogP contribution in [0.3, 0.4) is 0 Å². The van der Waals surface area contributed by atoms with Crippen molar-refractivity contribution in [2.45, 2.75) is 19.4 Å². The molecule has 1 fully saturated rings. The third-order valence-electron chi connectivity index (χ3n) is 3.10. The molecule has 1 atom stereocenters. The maximum Gasteiger partial charge on any atom is 0.213 e. The molecule has 1 aliphatic heterocycles. The van der Waals surface area contributed by atoms with E-state index in [1.54, 1.807) is 6.20 Å². The van der Waals surface area contributed by atoms with Gasteiger partial charge in [0.1, 0.15) is 6.10 Å². The summed E-state index contributed by atoms with van der Waals surface area (Å²) in [5, 5.41) is 3.80. The number of aromatic nitrogens is 1. The maximum atomic E-state index is 5.88. The van der Waals surface area contributed by atoms with Crippen LogP contribution in [-0.2, 0) is 0 Å². The van der Waals surface area contributed by atoms with Gasteiger partial charge in [-0.1, -0.05) is 24.2 Å². The van der Waals surface area contributed by atoms with Gasteiger partial charge < -0.3 is 15.0 Å². The summed E-state index contributed by atoms with van der Waals surface area (Å²) in [6, 6.07) is 5.68. The van der Waals surface area contributed by atoms with Gasteiger partial charge in [-0.15, -0.1) is 0 Å². The third-order valence-corrected chi connectivity index (χ3v) is 3.22. The van der Waals surface area contributed by atoms with E-state index < -0.39 is 0 Å². The smallest absolute Gasteiger partial charge is 0.213 e. The van der Waals surface area contributed by atoms with Crippen LogP contribution < -0.4 is 10.1 Å². The number of pyridine rings is 1. The molecule has 1 aliphatic rings. The van der Waals surface area contributed by atoms with Gasteiger partial charge in [0.05, 0.1) is 13.1 Å². The van der Waals surface area contributed by atoms with Crippen molar-refractivity contribution < 1.29 is 4.74 Å². The lowest BCUT2D eigenvalue weighted by molar-refractivity contribution is 0.205. The SMILES string of the molecule is C=C(Cl)CN=C(NCC)N1CCC(Oc2ccccn2)C1. The highest BCUT2D eigenvalue weighted by molar-refractivity contribution is 6.29. The standard InChI is InChI=1S/C15H21ClN4O/c1-3-17-15(19-10-12(2)16)20-9-7-13(11-20)21-14-6-4-5-8-18-14/h4-6,8,13H,2-3,7,9-11H2,1H3,(H,17,19). The summed E-state index contributed by atoms with van der Waals surface area (Å²) in [6.07, 6.45) is 2.81. The largest absolute Gasteiger partial charge is 0.472 e. The predicted octanol–water partition coefficient (Wildman–Crippen LogP) is 2.25. The Bertz CT molecular complexity index is 492. The molecule has 2 heterocycles. The van der Waals surface area contributed by atoms with Crippen LogP contribution in [0.5, 0.6) is 5.88 Å². The van der Waals surface area contributed by atoms with Crippen LogP contribution in [0, 0.1) is 0 Å². The molecule has 21 heavy (non-hydrogen) atoms. The summed E-state index contributed by atoms with van der Waals surface area (Å²) in [6.45, 7) is 8.64. The van der Waals surface area contributed by atoms with E-state index in [4.69, 9.17) is 16.3 Å². The van der Waals surface area contributed by atoms with Crippen LogP contribution in [0.4, 0.5) is 0 Å². The number of rotatable bonds is 5. The van der Waals surface area contributed by atoms with Gasteiger partial charge in [0, 0.05) is 36.8 Å². The number of likely N-dealkylation sites (tertiary alicyclic amines) is 1. The molecule has 0 spiro atoms. The first-order valence-corrected chi connectivity index (χ1v) is 7.51. The van der Waals surface area contributed by atoms with Gasteiger partial charge in [0.25, 0.3) is 0 Å². The molecule has 0 bridgehead atoms. The normalized spacial score (nSPS) is 18.7. The molecule has 0 aromatic carbocycles. The van der Waals surface area contributed by atoms with E-state index in [1.165, 1.54) is 0 Å². The number of nitrogens with one attached hydrogen (secondary N) is 1. The molecule has 0 saturated carbocycles. The fourth-order valence-corrected chi connectivity index (χ4v) is 2.25. The second kappa shape index (κ2) is 7.88. The van der Waals surface area contributed by atoms with Gasteiger partial charge >= 0.3 is 0 Å². The lowest BCUT2D eigenvalue weighted by Gasteiger charge is -2.21. The first kappa shape index (κ1) is 15.6. The third kappa shape index (κ3) is 4.93. The molecule has 2 rings (SSSR count). The van der Waals surface area contributed by atoms with Crippen molar-refractivity contribution in [1.82, 2.24) is 15.2 Å². The van der Waals surface area contributed by atoms with Crippen molar-refractivity contribution in [1.29, 1.82) is 0 Å². The van der Waals surface area contributed by atoms with E-state index >= 15 is 0 Å². The Morgan fingerprint density at radius 3 is 3.14 bits per heavy atom. The van der Waals surface area contributed by atoms with E-state index in [9.17, 15) is 0 Å². The minimum Gasteiger partial charge on any atom is -0.472 e. The molecule has 5 nitrogen and oxygen atoms in total. The number of hydrogen-bond acceptors (Lipinski definition) is 3. The number of hydrogen-bond donors (Lipinski definition) is 1. The number of aliphatic imine (C=N–C) groups is 1. The molecule has 1 aromatic rings. The van der Waals surface area contributed by atoms with Gasteiger partial charge in [-0.25, -0.2) is 9.98 Å². The zero-order valence-corrected chi connectivity index (χ0v) is 13.0. The minimum absolute atomic E-state index is 0.128. The summed E-state index contributed by atoms with van der Waals surface area (Å²) in [7, 11) is 0. The summed E-state index contributed by atoms with van der Waals surface area (Å²) in [5.74, 6) is 1.52. The van der Waals surface area contributed by atoms with Crippen molar-refractivity contribution in [3.63, 3.8) is 0 Å². The highest BCUT2D eigenvalue weighted by atomic mass is 35.5. The average molecular weight is 309 g/mol. The quantitative estimate of drug-likeness (QED) is 0.669. The zero-order valence-electron chi connectivity index (χ0n) is 12.3. The fourth-order valence-electron chi connectivity index (χ4n) is 2.19. The number of guanidine groups is 1. The molecular weight excluding hydrogens is 288 g/mol. The Balaban J connectivity index is 1.92. The summed E-state index contributed by atoms with van der Waals surface area (Å²) < 4.78 is 5.88. The van der Waals surface area contributed by atoms with Crippen molar-refractivity contribution in [3.05, 3.63) is 36.0 Å². The number of nitrogens with zero attached hydrogens (tertiary/aromatic N) is 3. The Hall–Kier alpha value is -1.75. The topological polar surface area (TPSA) is 49.8 Å². The molecule has 0 aliphatic carbocycles. The zero-order chi connectivity index (χ0) is 15.1. The van der Waals surface area contributed by atoms with Gasteiger partial charge in [0.15, 0.2) is 5.96 Å². The average Bonchev–Trinajstić information content (AvgIpc) is 2.92. The number of ether oxygens (including phenoxy) is 1. The molecule has 0 radical (unpaired) electrons. The van der Waals surface area contributed by atoms with Crippen LogP contribution in [0.2, 0.25) is 0 Å². The Labute approximate surface area is 130 Å². The molecule has 1 aromatic heterocycles. The first-order valence-electron chi connectivity index (χ1n) is 7.13. The lowest BCUT2D eigenvalue weighted by Crippen LogP contribution is -2.41. The second-order valence-electron chi connectivity index (χ2n) is 4.83. The Kier molecular flexibility index (Phi) is 5.87. The molecule has 0 amide bonds. The van der Waals surface area contributed by atoms with E-state index in [2.05, 4.69) is 26.8 Å². The van der Waals surface area contributed by atoms with Gasteiger partial charge in [-0.3, -0.25) is 0 Å². The Morgan fingerprint density at radius 1 is 1.62 bits per heavy atom. The van der Waals surface area contributed by atoms with Crippen molar-refractivity contribution in [3.8, 4) is 5.88 Å². The van der Waals surface area contributed by atoms with Crippen molar-refractivity contribution >= 4 is 17.6 Å². The maximum absolute atomic E-state index is 5.88. The summed E-state index contributed by atoms with van der Waals surface area (Å²) in [5.41, 5.74) is 0. The van der Waals surface area contributed by atoms with E-state index in [1.807, 2.05) is 25.1 Å². The van der Waals surface area contributed by atoms with E-state index in [0.717, 1.165) is 32.0 Å². The first-order chi connectivity index (χ1) is 10.2. The van der Waals surface area contributed by atoms with Crippen molar-refractivity contribution in [2.24, 2.45) is 4.99 Å².